The number of nitrogens with zero attached hydrogens (tertiary/aromatic N) is 1. The van der Waals surface area contributed by atoms with E-state index in [-0.39, 0.29) is 18.5 Å². The molecule has 4 heteroatoms. The summed E-state index contributed by atoms with van der Waals surface area (Å²) in [5.41, 5.74) is 1.70. The first-order valence-corrected chi connectivity index (χ1v) is 8.09. The molecule has 1 N–H and O–H groups in total. The second-order valence-corrected chi connectivity index (χ2v) is 6.36. The van der Waals surface area contributed by atoms with Gasteiger partial charge >= 0.3 is 5.97 Å². The number of hydrogen-bond donors (Lipinski definition) is 1. The summed E-state index contributed by atoms with van der Waals surface area (Å²) in [4.78, 5) is 25.9. The van der Waals surface area contributed by atoms with Crippen LogP contribution in [0.15, 0.2) is 24.3 Å². The van der Waals surface area contributed by atoms with Crippen LogP contribution < -0.4 is 0 Å². The van der Waals surface area contributed by atoms with Crippen LogP contribution >= 0.6 is 0 Å². The molecule has 1 fully saturated rings. The maximum absolute atomic E-state index is 12.9. The zero-order chi connectivity index (χ0) is 16.1. The SMILES string of the molecule is Cc1cccc(C(=O)N(CC(C)C(=O)O)C2CCCCC2)c1. The Hall–Kier alpha value is -1.84. The Bertz CT molecular complexity index is 535. The van der Waals surface area contributed by atoms with Crippen LogP contribution in [0.2, 0.25) is 0 Å². The van der Waals surface area contributed by atoms with E-state index in [9.17, 15) is 14.7 Å². The van der Waals surface area contributed by atoms with Gasteiger partial charge in [-0.25, -0.2) is 0 Å². The van der Waals surface area contributed by atoms with Crippen LogP contribution in [0.4, 0.5) is 0 Å². The van der Waals surface area contributed by atoms with Gasteiger partial charge in [0, 0.05) is 18.2 Å². The van der Waals surface area contributed by atoms with Crippen LogP contribution in [-0.4, -0.2) is 34.5 Å². The van der Waals surface area contributed by atoms with Crippen molar-refractivity contribution in [2.75, 3.05) is 6.54 Å². The average molecular weight is 303 g/mol. The van der Waals surface area contributed by atoms with Gasteiger partial charge in [-0.1, -0.05) is 43.9 Å². The molecule has 0 spiro atoms. The standard InChI is InChI=1S/C18H25NO3/c1-13-7-6-8-15(11-13)17(20)19(12-14(2)18(21)22)16-9-4-3-5-10-16/h6-8,11,14,16H,3-5,9-10,12H2,1-2H3,(H,21,22). The highest BCUT2D eigenvalue weighted by Crippen LogP contribution is 2.25. The summed E-state index contributed by atoms with van der Waals surface area (Å²) in [6.45, 7) is 3.91. The van der Waals surface area contributed by atoms with E-state index in [2.05, 4.69) is 0 Å². The maximum Gasteiger partial charge on any atom is 0.308 e. The molecule has 0 radical (unpaired) electrons. The van der Waals surface area contributed by atoms with Gasteiger partial charge in [-0.05, 0) is 31.9 Å². The van der Waals surface area contributed by atoms with E-state index in [1.165, 1.54) is 6.42 Å². The molecule has 0 bridgehead atoms. The van der Waals surface area contributed by atoms with Gasteiger partial charge in [-0.15, -0.1) is 0 Å². The molecule has 0 aromatic heterocycles. The summed E-state index contributed by atoms with van der Waals surface area (Å²) in [6.07, 6.45) is 5.39. The Labute approximate surface area is 132 Å². The minimum absolute atomic E-state index is 0.0382. The van der Waals surface area contributed by atoms with E-state index in [0.717, 1.165) is 31.2 Å². The molecule has 1 aliphatic carbocycles. The lowest BCUT2D eigenvalue weighted by Crippen LogP contribution is -2.45. The highest BCUT2D eigenvalue weighted by atomic mass is 16.4. The zero-order valence-electron chi connectivity index (χ0n) is 13.4. The summed E-state index contributed by atoms with van der Waals surface area (Å²) < 4.78 is 0. The van der Waals surface area contributed by atoms with E-state index in [1.54, 1.807) is 11.8 Å². The molecule has 1 aliphatic rings. The van der Waals surface area contributed by atoms with E-state index in [4.69, 9.17) is 0 Å². The van der Waals surface area contributed by atoms with E-state index < -0.39 is 11.9 Å². The van der Waals surface area contributed by atoms with Crippen LogP contribution in [-0.2, 0) is 4.79 Å². The van der Waals surface area contributed by atoms with Crippen LogP contribution in [0.5, 0.6) is 0 Å². The Kier molecular flexibility index (Phi) is 5.58. The topological polar surface area (TPSA) is 57.6 Å². The number of carbonyl (C=O) groups excluding carboxylic acids is 1. The molecule has 0 saturated heterocycles. The van der Waals surface area contributed by atoms with Crippen molar-refractivity contribution in [3.8, 4) is 0 Å². The second kappa shape index (κ2) is 7.43. The van der Waals surface area contributed by atoms with Crippen molar-refractivity contribution in [3.63, 3.8) is 0 Å². The molecule has 2 rings (SSSR count). The number of aliphatic carboxylic acids is 1. The number of amides is 1. The van der Waals surface area contributed by atoms with Crippen LogP contribution in [0, 0.1) is 12.8 Å². The molecule has 1 saturated carbocycles. The normalized spacial score (nSPS) is 17.0. The lowest BCUT2D eigenvalue weighted by molar-refractivity contribution is -0.141. The Morgan fingerprint density at radius 2 is 1.95 bits per heavy atom. The maximum atomic E-state index is 12.9. The fourth-order valence-corrected chi connectivity index (χ4v) is 3.11. The van der Waals surface area contributed by atoms with Gasteiger partial charge < -0.3 is 10.0 Å². The summed E-state index contributed by atoms with van der Waals surface area (Å²) in [7, 11) is 0. The monoisotopic (exact) mass is 303 g/mol. The molecular weight excluding hydrogens is 278 g/mol. The fourth-order valence-electron chi connectivity index (χ4n) is 3.11. The smallest absolute Gasteiger partial charge is 0.308 e. The van der Waals surface area contributed by atoms with Gasteiger partial charge in [-0.3, -0.25) is 9.59 Å². The molecule has 1 aromatic carbocycles. The Morgan fingerprint density at radius 1 is 1.27 bits per heavy atom. The third-order valence-corrected chi connectivity index (χ3v) is 4.43. The minimum Gasteiger partial charge on any atom is -0.481 e. The van der Waals surface area contributed by atoms with Crippen molar-refractivity contribution in [3.05, 3.63) is 35.4 Å². The van der Waals surface area contributed by atoms with E-state index in [0.29, 0.717) is 5.56 Å². The van der Waals surface area contributed by atoms with Crippen molar-refractivity contribution in [2.45, 2.75) is 52.0 Å². The number of carboxylic acids is 1. The fraction of sp³-hybridized carbons (Fsp3) is 0.556. The van der Waals surface area contributed by atoms with Crippen LogP contribution in [0.3, 0.4) is 0 Å². The molecule has 1 unspecified atom stereocenters. The Balaban J connectivity index is 2.22. The highest BCUT2D eigenvalue weighted by molar-refractivity contribution is 5.94. The molecule has 22 heavy (non-hydrogen) atoms. The van der Waals surface area contributed by atoms with Crippen molar-refractivity contribution >= 4 is 11.9 Å². The molecule has 1 aromatic rings. The molecule has 1 atom stereocenters. The molecule has 120 valence electrons. The predicted octanol–water partition coefficient (Wildman–Crippen LogP) is 3.49. The van der Waals surface area contributed by atoms with Gasteiger partial charge in [0.25, 0.3) is 5.91 Å². The zero-order valence-corrected chi connectivity index (χ0v) is 13.4. The van der Waals surface area contributed by atoms with Gasteiger partial charge in [0.05, 0.1) is 5.92 Å². The average Bonchev–Trinajstić information content (AvgIpc) is 2.52. The predicted molar refractivity (Wildman–Crippen MR) is 85.9 cm³/mol. The minimum atomic E-state index is -0.849. The lowest BCUT2D eigenvalue weighted by atomic mass is 9.92. The highest BCUT2D eigenvalue weighted by Gasteiger charge is 2.29. The van der Waals surface area contributed by atoms with Crippen LogP contribution in [0.25, 0.3) is 0 Å². The van der Waals surface area contributed by atoms with E-state index in [1.807, 2.05) is 31.2 Å². The third kappa shape index (κ3) is 4.09. The first kappa shape index (κ1) is 16.5. The molecular formula is C18H25NO3. The molecule has 1 amide bonds. The number of aryl methyl sites for hydroxylation is 1. The largest absolute Gasteiger partial charge is 0.481 e. The van der Waals surface area contributed by atoms with Gasteiger partial charge in [0.1, 0.15) is 0 Å². The Morgan fingerprint density at radius 3 is 2.55 bits per heavy atom. The van der Waals surface area contributed by atoms with Crippen LogP contribution in [0.1, 0.15) is 54.9 Å². The third-order valence-electron chi connectivity index (χ3n) is 4.43. The van der Waals surface area contributed by atoms with Gasteiger partial charge in [-0.2, -0.15) is 0 Å². The van der Waals surface area contributed by atoms with Gasteiger partial charge in [0.2, 0.25) is 0 Å². The first-order chi connectivity index (χ1) is 10.5. The van der Waals surface area contributed by atoms with E-state index >= 15 is 0 Å². The van der Waals surface area contributed by atoms with Gasteiger partial charge in [0.15, 0.2) is 0 Å². The molecule has 0 aliphatic heterocycles. The second-order valence-electron chi connectivity index (χ2n) is 6.36. The quantitative estimate of drug-likeness (QED) is 0.906. The number of rotatable bonds is 5. The summed E-state index contributed by atoms with van der Waals surface area (Å²) >= 11 is 0. The first-order valence-electron chi connectivity index (χ1n) is 8.09. The molecule has 4 nitrogen and oxygen atoms in total. The summed E-state index contributed by atoms with van der Waals surface area (Å²) in [5.74, 6) is -1.43. The number of carbonyl (C=O) groups is 2. The number of carboxylic acid groups (broad SMARTS) is 1. The van der Waals surface area contributed by atoms with Crippen molar-refractivity contribution in [2.24, 2.45) is 5.92 Å². The summed E-state index contributed by atoms with van der Waals surface area (Å²) in [6, 6.07) is 7.70. The van der Waals surface area contributed by atoms with Crippen molar-refractivity contribution < 1.29 is 14.7 Å². The van der Waals surface area contributed by atoms with Crippen molar-refractivity contribution in [1.29, 1.82) is 0 Å². The summed E-state index contributed by atoms with van der Waals surface area (Å²) in [5, 5.41) is 9.19. The van der Waals surface area contributed by atoms with Crippen molar-refractivity contribution in [1.82, 2.24) is 4.90 Å². The lowest BCUT2D eigenvalue weighted by Gasteiger charge is -2.35. The number of hydrogen-bond acceptors (Lipinski definition) is 2. The molecule has 0 heterocycles. The number of benzene rings is 1.